The van der Waals surface area contributed by atoms with Gasteiger partial charge < -0.3 is 4.74 Å². The number of hydrogen-bond donors (Lipinski definition) is 0. The third-order valence-electron chi connectivity index (χ3n) is 2.35. The van der Waals surface area contributed by atoms with Crippen LogP contribution in [0.4, 0.5) is 3.89 Å². The summed E-state index contributed by atoms with van der Waals surface area (Å²) in [4.78, 5) is 0. The fourth-order valence-corrected chi connectivity index (χ4v) is 2.32. The summed E-state index contributed by atoms with van der Waals surface area (Å²) in [5, 5.41) is 0. The van der Waals surface area contributed by atoms with Crippen LogP contribution in [0.5, 0.6) is 0 Å². The van der Waals surface area contributed by atoms with E-state index in [1.807, 2.05) is 0 Å². The highest BCUT2D eigenvalue weighted by Crippen LogP contribution is 2.40. The first kappa shape index (κ1) is 9.92. The van der Waals surface area contributed by atoms with Gasteiger partial charge in [0.2, 0.25) is 0 Å². The Bertz CT molecular complexity index is 243. The molecule has 0 unspecified atom stereocenters. The van der Waals surface area contributed by atoms with Gasteiger partial charge in [0.25, 0.3) is 0 Å². The second kappa shape index (κ2) is 3.30. The van der Waals surface area contributed by atoms with Crippen LogP contribution in [0, 0.1) is 0 Å². The predicted octanol–water partition coefficient (Wildman–Crippen LogP) is 1.24. The summed E-state index contributed by atoms with van der Waals surface area (Å²) in [6.07, 6.45) is 1.56. The minimum atomic E-state index is -4.42. The van der Waals surface area contributed by atoms with Gasteiger partial charge in [-0.05, 0) is 26.2 Å². The summed E-state index contributed by atoms with van der Waals surface area (Å²) in [5.74, 6) is 0. The molecule has 0 N–H and O–H groups in total. The predicted molar refractivity (Wildman–Crippen MR) is 43.1 cm³/mol. The number of ether oxygens (including phenoxy) is 1. The van der Waals surface area contributed by atoms with Crippen molar-refractivity contribution in [2.24, 2.45) is 0 Å². The average molecular weight is 196 g/mol. The Kier molecular flexibility index (Phi) is 2.73. The standard InChI is InChI=1S/C7H13FO3S/c1-2-11-6-7(4-3-5-7)12(8,9)10/h2-6H2,1H3. The molecule has 5 heteroatoms. The summed E-state index contributed by atoms with van der Waals surface area (Å²) in [6.45, 7) is 2.19. The second-order valence-electron chi connectivity index (χ2n) is 3.11. The molecule has 0 spiro atoms. The number of hydrogen-bond acceptors (Lipinski definition) is 3. The van der Waals surface area contributed by atoms with E-state index in [1.54, 1.807) is 6.92 Å². The van der Waals surface area contributed by atoms with Crippen molar-refractivity contribution in [1.29, 1.82) is 0 Å². The van der Waals surface area contributed by atoms with E-state index in [9.17, 15) is 12.3 Å². The molecule has 1 saturated carbocycles. The van der Waals surface area contributed by atoms with Crippen LogP contribution < -0.4 is 0 Å². The smallest absolute Gasteiger partial charge is 0.310 e. The van der Waals surface area contributed by atoms with Gasteiger partial charge in [0.1, 0.15) is 4.75 Å². The normalized spacial score (nSPS) is 21.8. The third kappa shape index (κ3) is 1.61. The van der Waals surface area contributed by atoms with Crippen molar-refractivity contribution in [3.8, 4) is 0 Å². The molecule has 0 atom stereocenters. The zero-order valence-electron chi connectivity index (χ0n) is 7.05. The molecule has 12 heavy (non-hydrogen) atoms. The Morgan fingerprint density at radius 1 is 1.50 bits per heavy atom. The Morgan fingerprint density at radius 2 is 2.08 bits per heavy atom. The highest BCUT2D eigenvalue weighted by molar-refractivity contribution is 7.87. The Hall–Kier alpha value is -0.160. The first-order chi connectivity index (χ1) is 5.52. The van der Waals surface area contributed by atoms with Gasteiger partial charge in [0.15, 0.2) is 0 Å². The van der Waals surface area contributed by atoms with E-state index in [0.717, 1.165) is 6.42 Å². The van der Waals surface area contributed by atoms with E-state index in [0.29, 0.717) is 19.4 Å². The molecule has 1 aliphatic carbocycles. The van der Waals surface area contributed by atoms with Crippen molar-refractivity contribution in [1.82, 2.24) is 0 Å². The van der Waals surface area contributed by atoms with Crippen molar-refractivity contribution >= 4 is 10.2 Å². The van der Waals surface area contributed by atoms with Gasteiger partial charge >= 0.3 is 10.2 Å². The maximum absolute atomic E-state index is 12.7. The van der Waals surface area contributed by atoms with Gasteiger partial charge in [0, 0.05) is 6.61 Å². The van der Waals surface area contributed by atoms with Crippen LogP contribution in [0.2, 0.25) is 0 Å². The second-order valence-corrected chi connectivity index (χ2v) is 4.85. The van der Waals surface area contributed by atoms with Gasteiger partial charge in [-0.2, -0.15) is 8.42 Å². The van der Waals surface area contributed by atoms with Gasteiger partial charge in [-0.15, -0.1) is 3.89 Å². The van der Waals surface area contributed by atoms with E-state index >= 15 is 0 Å². The molecule has 0 aromatic heterocycles. The van der Waals surface area contributed by atoms with Crippen LogP contribution in [-0.2, 0) is 15.0 Å². The molecular formula is C7H13FO3S. The van der Waals surface area contributed by atoms with Crippen molar-refractivity contribution in [2.45, 2.75) is 30.9 Å². The van der Waals surface area contributed by atoms with Crippen LogP contribution in [0.25, 0.3) is 0 Å². The van der Waals surface area contributed by atoms with Crippen LogP contribution >= 0.6 is 0 Å². The van der Waals surface area contributed by atoms with Crippen molar-refractivity contribution < 1.29 is 17.0 Å². The van der Waals surface area contributed by atoms with Crippen LogP contribution in [0.15, 0.2) is 0 Å². The molecule has 0 heterocycles. The molecule has 0 aromatic carbocycles. The minimum absolute atomic E-state index is 0.00231. The topological polar surface area (TPSA) is 43.4 Å². The van der Waals surface area contributed by atoms with E-state index in [2.05, 4.69) is 0 Å². The highest BCUT2D eigenvalue weighted by atomic mass is 32.3. The monoisotopic (exact) mass is 196 g/mol. The molecule has 1 aliphatic rings. The lowest BCUT2D eigenvalue weighted by molar-refractivity contribution is 0.0898. The van der Waals surface area contributed by atoms with Crippen molar-refractivity contribution in [2.75, 3.05) is 13.2 Å². The molecule has 0 bridgehead atoms. The quantitative estimate of drug-likeness (QED) is 0.635. The summed E-state index contributed by atoms with van der Waals surface area (Å²) in [7, 11) is -4.42. The summed E-state index contributed by atoms with van der Waals surface area (Å²) in [5.41, 5.74) is 0. The summed E-state index contributed by atoms with van der Waals surface area (Å²) < 4.78 is 37.8. The van der Waals surface area contributed by atoms with Crippen LogP contribution in [0.1, 0.15) is 26.2 Å². The first-order valence-corrected chi connectivity index (χ1v) is 5.42. The zero-order valence-corrected chi connectivity index (χ0v) is 7.86. The lowest BCUT2D eigenvalue weighted by Crippen LogP contribution is -2.47. The van der Waals surface area contributed by atoms with Crippen LogP contribution in [-0.4, -0.2) is 26.4 Å². The Balaban J connectivity index is 2.64. The van der Waals surface area contributed by atoms with Gasteiger partial charge in [-0.1, -0.05) is 0 Å². The largest absolute Gasteiger partial charge is 0.380 e. The molecule has 0 aliphatic heterocycles. The Labute approximate surface area is 72.1 Å². The van der Waals surface area contributed by atoms with Crippen molar-refractivity contribution in [3.05, 3.63) is 0 Å². The van der Waals surface area contributed by atoms with E-state index in [4.69, 9.17) is 4.74 Å². The molecule has 0 amide bonds. The van der Waals surface area contributed by atoms with Crippen LogP contribution in [0.3, 0.4) is 0 Å². The zero-order chi connectivity index (χ0) is 9.24. The molecule has 1 rings (SSSR count). The summed E-state index contributed by atoms with van der Waals surface area (Å²) >= 11 is 0. The van der Waals surface area contributed by atoms with Gasteiger partial charge in [0.05, 0.1) is 6.61 Å². The van der Waals surface area contributed by atoms with E-state index in [-0.39, 0.29) is 6.61 Å². The summed E-state index contributed by atoms with van der Waals surface area (Å²) in [6, 6.07) is 0. The molecule has 3 nitrogen and oxygen atoms in total. The van der Waals surface area contributed by atoms with E-state index < -0.39 is 15.0 Å². The number of halogens is 1. The minimum Gasteiger partial charge on any atom is -0.380 e. The lowest BCUT2D eigenvalue weighted by Gasteiger charge is -2.36. The molecule has 1 fully saturated rings. The molecular weight excluding hydrogens is 183 g/mol. The lowest BCUT2D eigenvalue weighted by atomic mass is 9.85. The highest BCUT2D eigenvalue weighted by Gasteiger charge is 2.49. The Morgan fingerprint density at radius 3 is 2.33 bits per heavy atom. The molecule has 0 aromatic rings. The molecule has 0 saturated heterocycles. The van der Waals surface area contributed by atoms with Crippen molar-refractivity contribution in [3.63, 3.8) is 0 Å². The van der Waals surface area contributed by atoms with E-state index in [1.165, 1.54) is 0 Å². The maximum Gasteiger partial charge on any atom is 0.310 e. The third-order valence-corrected chi connectivity index (χ3v) is 3.91. The fourth-order valence-electron chi connectivity index (χ4n) is 1.32. The maximum atomic E-state index is 12.7. The number of rotatable bonds is 4. The molecule has 72 valence electrons. The van der Waals surface area contributed by atoms with Gasteiger partial charge in [-0.25, -0.2) is 0 Å². The average Bonchev–Trinajstić information content (AvgIpc) is 1.82. The van der Waals surface area contributed by atoms with Gasteiger partial charge in [-0.3, -0.25) is 0 Å². The SMILES string of the molecule is CCOCC1(S(=O)(=O)F)CCC1. The molecule has 0 radical (unpaired) electrons. The fraction of sp³-hybridized carbons (Fsp3) is 1.00. The first-order valence-electron chi connectivity index (χ1n) is 4.04.